The van der Waals surface area contributed by atoms with Crippen LogP contribution in [0.25, 0.3) is 0 Å². The van der Waals surface area contributed by atoms with Crippen LogP contribution in [0.2, 0.25) is 0 Å². The van der Waals surface area contributed by atoms with E-state index >= 15 is 0 Å². The fourth-order valence-corrected chi connectivity index (χ4v) is 2.35. The van der Waals surface area contributed by atoms with Crippen molar-refractivity contribution >= 4 is 0 Å². The lowest BCUT2D eigenvalue weighted by atomic mass is 10.3. The molecule has 0 amide bonds. The minimum Gasteiger partial charge on any atom is -0.328 e. The van der Waals surface area contributed by atoms with Gasteiger partial charge in [-0.1, -0.05) is 0 Å². The molecular weight excluding hydrogens is 238 g/mol. The average Bonchev–Trinajstić information content (AvgIpc) is 3.02. The van der Waals surface area contributed by atoms with Gasteiger partial charge in [0, 0.05) is 25.0 Å². The maximum atomic E-state index is 4.49. The van der Waals surface area contributed by atoms with E-state index in [4.69, 9.17) is 0 Å². The number of hydrogen-bond acceptors (Lipinski definition) is 3. The van der Waals surface area contributed by atoms with Gasteiger partial charge in [-0.15, -0.1) is 0 Å². The molecule has 0 saturated heterocycles. The van der Waals surface area contributed by atoms with Crippen LogP contribution in [0.5, 0.6) is 0 Å². The van der Waals surface area contributed by atoms with Crippen LogP contribution in [0, 0.1) is 6.92 Å². The third kappa shape index (κ3) is 2.87. The first-order valence-corrected chi connectivity index (χ1v) is 7.03. The van der Waals surface area contributed by atoms with Crippen molar-refractivity contribution in [2.45, 2.75) is 52.4 Å². The molecule has 0 unspecified atom stereocenters. The molecule has 5 heteroatoms. The predicted molar refractivity (Wildman–Crippen MR) is 73.8 cm³/mol. The second-order valence-electron chi connectivity index (χ2n) is 5.22. The highest BCUT2D eigenvalue weighted by molar-refractivity contribution is 5.11. The fraction of sp³-hybridized carbons (Fsp3) is 0.571. The minimum absolute atomic E-state index is 0.716. The molecule has 0 spiro atoms. The van der Waals surface area contributed by atoms with Gasteiger partial charge in [0.25, 0.3) is 0 Å². The molecule has 2 aromatic heterocycles. The molecule has 2 aromatic rings. The number of hydrogen-bond donors (Lipinski definition) is 1. The first-order chi connectivity index (χ1) is 9.26. The lowest BCUT2D eigenvalue weighted by molar-refractivity contribution is 0.572. The van der Waals surface area contributed by atoms with Crippen LogP contribution in [0.4, 0.5) is 0 Å². The first-order valence-electron chi connectivity index (χ1n) is 7.03. The van der Waals surface area contributed by atoms with Gasteiger partial charge in [-0.3, -0.25) is 4.68 Å². The number of rotatable bonds is 6. The van der Waals surface area contributed by atoms with Gasteiger partial charge in [-0.25, -0.2) is 4.98 Å². The Hall–Kier alpha value is -1.62. The highest BCUT2D eigenvalue weighted by Crippen LogP contribution is 2.19. The van der Waals surface area contributed by atoms with Gasteiger partial charge in [0.1, 0.15) is 5.82 Å². The van der Waals surface area contributed by atoms with Gasteiger partial charge in [0.05, 0.1) is 24.5 Å². The number of nitrogens with zero attached hydrogens (tertiary/aromatic N) is 4. The molecule has 0 bridgehead atoms. The molecule has 0 radical (unpaired) electrons. The Balaban J connectivity index is 1.72. The Kier molecular flexibility index (Phi) is 3.38. The van der Waals surface area contributed by atoms with E-state index in [-0.39, 0.29) is 0 Å². The van der Waals surface area contributed by atoms with E-state index in [1.165, 1.54) is 18.5 Å². The second-order valence-corrected chi connectivity index (χ2v) is 5.22. The van der Waals surface area contributed by atoms with Gasteiger partial charge >= 0.3 is 0 Å². The molecule has 0 aromatic carbocycles. The van der Waals surface area contributed by atoms with Crippen molar-refractivity contribution in [1.82, 2.24) is 24.6 Å². The third-order valence-corrected chi connectivity index (χ3v) is 3.55. The highest BCUT2D eigenvalue weighted by atomic mass is 15.3. The molecule has 1 saturated carbocycles. The summed E-state index contributed by atoms with van der Waals surface area (Å²) in [6.07, 6.45) is 6.54. The summed E-state index contributed by atoms with van der Waals surface area (Å²) >= 11 is 0. The van der Waals surface area contributed by atoms with Crippen LogP contribution in [0.15, 0.2) is 18.5 Å². The molecule has 3 rings (SSSR count). The Bertz CT molecular complexity index is 550. The summed E-state index contributed by atoms with van der Waals surface area (Å²) in [5.74, 6) is 1.11. The number of nitrogens with one attached hydrogen (secondary N) is 1. The van der Waals surface area contributed by atoms with E-state index in [0.717, 1.165) is 31.2 Å². The minimum atomic E-state index is 0.716. The van der Waals surface area contributed by atoms with Crippen molar-refractivity contribution in [3.8, 4) is 0 Å². The second kappa shape index (κ2) is 5.17. The highest BCUT2D eigenvalue weighted by Gasteiger charge is 2.20. The summed E-state index contributed by atoms with van der Waals surface area (Å²) in [6.45, 7) is 6.78. The lowest BCUT2D eigenvalue weighted by Crippen LogP contribution is -2.19. The van der Waals surface area contributed by atoms with Gasteiger partial charge in [0.15, 0.2) is 0 Å². The quantitative estimate of drug-likeness (QED) is 0.859. The molecule has 1 aliphatic rings. The molecule has 102 valence electrons. The van der Waals surface area contributed by atoms with Crippen LogP contribution in [0.3, 0.4) is 0 Å². The lowest BCUT2D eigenvalue weighted by Gasteiger charge is -2.09. The van der Waals surface area contributed by atoms with Crippen molar-refractivity contribution in [1.29, 1.82) is 0 Å². The van der Waals surface area contributed by atoms with Crippen LogP contribution in [-0.2, 0) is 19.6 Å². The Labute approximate surface area is 113 Å². The van der Waals surface area contributed by atoms with Crippen LogP contribution < -0.4 is 5.32 Å². The summed E-state index contributed by atoms with van der Waals surface area (Å²) in [4.78, 5) is 4.45. The molecular formula is C14H21N5. The van der Waals surface area contributed by atoms with E-state index < -0.39 is 0 Å². The van der Waals surface area contributed by atoms with E-state index in [9.17, 15) is 0 Å². The zero-order chi connectivity index (χ0) is 13.2. The fourth-order valence-electron chi connectivity index (χ4n) is 2.35. The molecule has 0 aliphatic heterocycles. The summed E-state index contributed by atoms with van der Waals surface area (Å²) in [5.41, 5.74) is 2.32. The van der Waals surface area contributed by atoms with Crippen molar-refractivity contribution in [3.63, 3.8) is 0 Å². The maximum absolute atomic E-state index is 4.49. The molecule has 1 aliphatic carbocycles. The van der Waals surface area contributed by atoms with Crippen molar-refractivity contribution in [2.75, 3.05) is 0 Å². The van der Waals surface area contributed by atoms with Crippen LogP contribution >= 0.6 is 0 Å². The third-order valence-electron chi connectivity index (χ3n) is 3.55. The van der Waals surface area contributed by atoms with Crippen LogP contribution in [-0.4, -0.2) is 25.4 Å². The summed E-state index contributed by atoms with van der Waals surface area (Å²) < 4.78 is 4.27. The molecule has 19 heavy (non-hydrogen) atoms. The zero-order valence-electron chi connectivity index (χ0n) is 11.6. The van der Waals surface area contributed by atoms with Crippen molar-refractivity contribution in [3.05, 3.63) is 35.7 Å². The summed E-state index contributed by atoms with van der Waals surface area (Å²) in [7, 11) is 0. The van der Waals surface area contributed by atoms with Crippen molar-refractivity contribution in [2.24, 2.45) is 0 Å². The number of imidazole rings is 1. The van der Waals surface area contributed by atoms with Crippen molar-refractivity contribution < 1.29 is 0 Å². The standard InChI is InChI=1S/C14H21N5/c1-3-19-13(8-11(2)17-19)10-18-7-6-15-14(18)9-16-12-4-5-12/h6-8,12,16H,3-5,9-10H2,1-2H3. The van der Waals surface area contributed by atoms with E-state index in [1.54, 1.807) is 0 Å². The van der Waals surface area contributed by atoms with E-state index in [2.05, 4.69) is 37.6 Å². The Morgan fingerprint density at radius 1 is 1.42 bits per heavy atom. The van der Waals surface area contributed by atoms with Gasteiger partial charge in [0.2, 0.25) is 0 Å². The maximum Gasteiger partial charge on any atom is 0.123 e. The normalized spacial score (nSPS) is 15.1. The van der Waals surface area contributed by atoms with Gasteiger partial charge < -0.3 is 9.88 Å². The van der Waals surface area contributed by atoms with Gasteiger partial charge in [-0.05, 0) is 32.8 Å². The Morgan fingerprint density at radius 3 is 3.00 bits per heavy atom. The Morgan fingerprint density at radius 2 is 2.26 bits per heavy atom. The molecule has 5 nitrogen and oxygen atoms in total. The largest absolute Gasteiger partial charge is 0.328 e. The topological polar surface area (TPSA) is 47.7 Å². The summed E-state index contributed by atoms with van der Waals surface area (Å²) in [6, 6.07) is 2.87. The average molecular weight is 259 g/mol. The zero-order valence-corrected chi connectivity index (χ0v) is 11.6. The number of aromatic nitrogens is 4. The van der Waals surface area contributed by atoms with Gasteiger partial charge in [-0.2, -0.15) is 5.10 Å². The van der Waals surface area contributed by atoms with E-state index in [1.807, 2.05) is 19.3 Å². The van der Waals surface area contributed by atoms with E-state index in [0.29, 0.717) is 6.04 Å². The summed E-state index contributed by atoms with van der Waals surface area (Å²) in [5, 5.41) is 8.00. The molecule has 1 N–H and O–H groups in total. The monoisotopic (exact) mass is 259 g/mol. The molecule has 2 heterocycles. The first kappa shape index (κ1) is 12.4. The molecule has 1 fully saturated rings. The smallest absolute Gasteiger partial charge is 0.123 e. The predicted octanol–water partition coefficient (Wildman–Crippen LogP) is 1.71. The van der Waals surface area contributed by atoms with Crippen LogP contribution in [0.1, 0.15) is 37.0 Å². The molecule has 0 atom stereocenters. The SMILES string of the molecule is CCn1nc(C)cc1Cn1ccnc1CNC1CC1. The number of aryl methyl sites for hydroxylation is 2.